The van der Waals surface area contributed by atoms with Crippen LogP contribution in [-0.2, 0) is 22.4 Å². The molecule has 3 aromatic rings. The van der Waals surface area contributed by atoms with Crippen molar-refractivity contribution in [1.29, 1.82) is 0 Å². The highest BCUT2D eigenvalue weighted by molar-refractivity contribution is 6.30. The summed E-state index contributed by atoms with van der Waals surface area (Å²) >= 11 is 6.00. The van der Waals surface area contributed by atoms with E-state index in [9.17, 15) is 0 Å². The smallest absolute Gasteiger partial charge is 0.187 e. The van der Waals surface area contributed by atoms with Crippen LogP contribution < -0.4 is 9.47 Å². The largest absolute Gasteiger partial charge is 0.497 e. The molecular formula is C23H25ClN2O4. The molecule has 0 unspecified atom stereocenters. The maximum absolute atomic E-state index is 6.39. The third-order valence-corrected chi connectivity index (χ3v) is 5.35. The Morgan fingerprint density at radius 1 is 1.13 bits per heavy atom. The molecule has 30 heavy (non-hydrogen) atoms. The lowest BCUT2D eigenvalue weighted by molar-refractivity contribution is -0.184. The topological polar surface area (TPSA) is 54.7 Å². The molecule has 2 atom stereocenters. The predicted octanol–water partition coefficient (Wildman–Crippen LogP) is 4.37. The molecule has 158 valence electrons. The fourth-order valence-corrected chi connectivity index (χ4v) is 3.62. The summed E-state index contributed by atoms with van der Waals surface area (Å²) in [5.41, 5.74) is 1.19. The van der Waals surface area contributed by atoms with Gasteiger partial charge in [-0.05, 0) is 48.4 Å². The van der Waals surface area contributed by atoms with E-state index in [1.165, 1.54) is 5.56 Å². The van der Waals surface area contributed by atoms with Crippen molar-refractivity contribution in [2.24, 2.45) is 0 Å². The quantitative estimate of drug-likeness (QED) is 0.506. The number of rotatable bonds is 9. The zero-order valence-electron chi connectivity index (χ0n) is 16.9. The van der Waals surface area contributed by atoms with Crippen molar-refractivity contribution in [2.75, 3.05) is 20.3 Å². The fraction of sp³-hybridized carbons (Fsp3) is 0.348. The van der Waals surface area contributed by atoms with Gasteiger partial charge in [-0.25, -0.2) is 4.98 Å². The van der Waals surface area contributed by atoms with Gasteiger partial charge in [-0.2, -0.15) is 0 Å². The molecule has 2 heterocycles. The second kappa shape index (κ2) is 9.51. The Morgan fingerprint density at radius 3 is 2.60 bits per heavy atom. The molecule has 0 amide bonds. The highest BCUT2D eigenvalue weighted by atomic mass is 35.5. The molecule has 1 aliphatic heterocycles. The van der Waals surface area contributed by atoms with Gasteiger partial charge in [0.05, 0.1) is 26.6 Å². The van der Waals surface area contributed by atoms with Gasteiger partial charge >= 0.3 is 0 Å². The molecule has 1 fully saturated rings. The van der Waals surface area contributed by atoms with Gasteiger partial charge in [0.25, 0.3) is 0 Å². The Labute approximate surface area is 181 Å². The van der Waals surface area contributed by atoms with Crippen LogP contribution in [0.3, 0.4) is 0 Å². The normalized spacial score (nSPS) is 20.9. The molecule has 0 saturated carbocycles. The summed E-state index contributed by atoms with van der Waals surface area (Å²) in [7, 11) is 1.64. The van der Waals surface area contributed by atoms with Crippen LogP contribution in [-0.4, -0.2) is 41.8 Å². The summed E-state index contributed by atoms with van der Waals surface area (Å²) in [6, 6.07) is 15.4. The molecule has 1 aromatic heterocycles. The number of halogens is 1. The van der Waals surface area contributed by atoms with E-state index in [2.05, 4.69) is 4.98 Å². The first-order valence-electron chi connectivity index (χ1n) is 9.93. The number of imidazole rings is 1. The van der Waals surface area contributed by atoms with E-state index in [0.29, 0.717) is 26.2 Å². The van der Waals surface area contributed by atoms with E-state index in [-0.39, 0.29) is 6.10 Å². The van der Waals surface area contributed by atoms with Crippen LogP contribution in [0.5, 0.6) is 11.5 Å². The summed E-state index contributed by atoms with van der Waals surface area (Å²) in [5.74, 6) is 0.839. The van der Waals surface area contributed by atoms with Crippen LogP contribution in [0.4, 0.5) is 0 Å². The molecule has 1 aliphatic rings. The zero-order chi connectivity index (χ0) is 20.8. The van der Waals surface area contributed by atoms with E-state index < -0.39 is 5.79 Å². The van der Waals surface area contributed by atoms with Crippen LogP contribution in [0.25, 0.3) is 0 Å². The number of aromatic nitrogens is 2. The highest BCUT2D eigenvalue weighted by Gasteiger charge is 2.42. The zero-order valence-corrected chi connectivity index (χ0v) is 17.6. The van der Waals surface area contributed by atoms with E-state index in [0.717, 1.165) is 22.9 Å². The Bertz CT molecular complexity index is 915. The molecule has 7 heteroatoms. The number of aryl methyl sites for hydroxylation is 1. The summed E-state index contributed by atoms with van der Waals surface area (Å²) in [5, 5.41) is 0.732. The maximum Gasteiger partial charge on any atom is 0.187 e. The van der Waals surface area contributed by atoms with Gasteiger partial charge in [-0.3, -0.25) is 0 Å². The first-order valence-corrected chi connectivity index (χ1v) is 10.3. The summed E-state index contributed by atoms with van der Waals surface area (Å²) in [6.45, 7) is 1.46. The highest BCUT2D eigenvalue weighted by Crippen LogP contribution is 2.31. The van der Waals surface area contributed by atoms with E-state index in [1.807, 2.05) is 59.3 Å². The van der Waals surface area contributed by atoms with Gasteiger partial charge in [0.1, 0.15) is 24.2 Å². The average molecular weight is 429 g/mol. The maximum atomic E-state index is 6.39. The Hall–Kier alpha value is -2.54. The third-order valence-electron chi connectivity index (χ3n) is 5.10. The molecule has 6 nitrogen and oxygen atoms in total. The average Bonchev–Trinajstić information content (AvgIpc) is 3.43. The molecule has 4 rings (SSSR count). The van der Waals surface area contributed by atoms with Gasteiger partial charge in [-0.15, -0.1) is 0 Å². The molecule has 0 radical (unpaired) electrons. The van der Waals surface area contributed by atoms with Gasteiger partial charge in [-0.1, -0.05) is 23.7 Å². The van der Waals surface area contributed by atoms with Crippen LogP contribution in [0.1, 0.15) is 12.0 Å². The Balaban J connectivity index is 1.39. The minimum atomic E-state index is -0.728. The minimum Gasteiger partial charge on any atom is -0.497 e. The lowest BCUT2D eigenvalue weighted by atomic mass is 10.0. The van der Waals surface area contributed by atoms with Crippen molar-refractivity contribution >= 4 is 11.6 Å². The second-order valence-corrected chi connectivity index (χ2v) is 7.75. The fourth-order valence-electron chi connectivity index (χ4n) is 3.50. The molecule has 0 bridgehead atoms. The number of ether oxygens (including phenoxy) is 4. The van der Waals surface area contributed by atoms with Crippen molar-refractivity contribution in [2.45, 2.75) is 31.3 Å². The Kier molecular flexibility index (Phi) is 6.57. The third kappa shape index (κ3) is 5.33. The Morgan fingerprint density at radius 2 is 1.90 bits per heavy atom. The molecule has 0 aliphatic carbocycles. The van der Waals surface area contributed by atoms with E-state index in [4.69, 9.17) is 30.5 Å². The number of methoxy groups -OCH3 is 1. The number of hydrogen-bond acceptors (Lipinski definition) is 5. The van der Waals surface area contributed by atoms with Crippen molar-refractivity contribution < 1.29 is 18.9 Å². The van der Waals surface area contributed by atoms with Crippen LogP contribution in [0.2, 0.25) is 5.02 Å². The first kappa shape index (κ1) is 20.7. The van der Waals surface area contributed by atoms with Crippen molar-refractivity contribution in [1.82, 2.24) is 9.55 Å². The van der Waals surface area contributed by atoms with E-state index in [1.54, 1.807) is 19.6 Å². The molecule has 1 saturated heterocycles. The number of benzene rings is 2. The SMILES string of the molecule is COc1ccc(OC[C@H]2CO[C@@](CCc3ccc(Cl)cc3)(Cn3ccnc3)O2)cc1. The molecular weight excluding hydrogens is 404 g/mol. The summed E-state index contributed by atoms with van der Waals surface area (Å²) in [4.78, 5) is 4.13. The van der Waals surface area contributed by atoms with Gasteiger partial charge in [0.2, 0.25) is 0 Å². The number of nitrogens with zero attached hydrogens (tertiary/aromatic N) is 2. The lowest BCUT2D eigenvalue weighted by Gasteiger charge is -2.28. The van der Waals surface area contributed by atoms with Crippen molar-refractivity contribution in [3.8, 4) is 11.5 Å². The van der Waals surface area contributed by atoms with Crippen LogP contribution >= 0.6 is 11.6 Å². The standard InChI is InChI=1S/C23H25ClN2O4/c1-27-20-6-8-21(9-7-20)28-14-22-15-29-23(30-22,16-26-13-12-25-17-26)11-10-18-2-4-19(24)5-3-18/h2-9,12-13,17,22H,10-11,14-16H2,1H3/t22-,23+/m0/s1. The van der Waals surface area contributed by atoms with Crippen LogP contribution in [0.15, 0.2) is 67.3 Å². The minimum absolute atomic E-state index is 0.152. The monoisotopic (exact) mass is 428 g/mol. The van der Waals surface area contributed by atoms with Gasteiger partial charge in [0.15, 0.2) is 5.79 Å². The molecule has 0 N–H and O–H groups in total. The van der Waals surface area contributed by atoms with Crippen molar-refractivity contribution in [3.63, 3.8) is 0 Å². The van der Waals surface area contributed by atoms with Crippen molar-refractivity contribution in [3.05, 3.63) is 77.8 Å². The van der Waals surface area contributed by atoms with Gasteiger partial charge < -0.3 is 23.5 Å². The van der Waals surface area contributed by atoms with E-state index >= 15 is 0 Å². The molecule has 0 spiro atoms. The summed E-state index contributed by atoms with van der Waals surface area (Å²) in [6.07, 6.45) is 6.83. The van der Waals surface area contributed by atoms with Gasteiger partial charge in [0, 0.05) is 23.8 Å². The molecule has 2 aromatic carbocycles. The second-order valence-electron chi connectivity index (χ2n) is 7.31. The predicted molar refractivity (Wildman–Crippen MR) is 114 cm³/mol. The lowest BCUT2D eigenvalue weighted by Crippen LogP contribution is -2.37. The summed E-state index contributed by atoms with van der Waals surface area (Å²) < 4.78 is 25.6. The van der Waals surface area contributed by atoms with Crippen LogP contribution in [0, 0.1) is 0 Å². The first-order chi connectivity index (χ1) is 14.6. The number of hydrogen-bond donors (Lipinski definition) is 0.